The molecule has 0 atom stereocenters. The molecule has 0 bridgehead atoms. The molecule has 0 amide bonds. The lowest BCUT2D eigenvalue weighted by Gasteiger charge is -1.88. The minimum Gasteiger partial charge on any atom is -0.0845 e. The zero-order chi connectivity index (χ0) is 20.5. The van der Waals surface area contributed by atoms with Crippen molar-refractivity contribution in [3.63, 3.8) is 0 Å². The topological polar surface area (TPSA) is 0 Å². The zero-order valence-corrected chi connectivity index (χ0v) is 17.1. The SMILES string of the molecule is C1=CCCC\C=C/C=C\C=C/C=C\C=C/C=C/C=C\C=C/C=C\C=C/C=C\C=C/1. The molecule has 0 heterocycles. The summed E-state index contributed by atoms with van der Waals surface area (Å²) in [7, 11) is 0. The lowest BCUT2D eigenvalue weighted by molar-refractivity contribution is 0.868. The molecule has 0 spiro atoms. The molecule has 0 aromatic carbocycles. The monoisotopic (exact) mass is 380 g/mol. The van der Waals surface area contributed by atoms with Gasteiger partial charge in [0.1, 0.15) is 0 Å². The van der Waals surface area contributed by atoms with E-state index in [0.717, 1.165) is 12.8 Å². The van der Waals surface area contributed by atoms with Gasteiger partial charge in [-0.15, -0.1) is 0 Å². The first-order valence-corrected chi connectivity index (χ1v) is 10.1. The average molecular weight is 381 g/mol. The first kappa shape index (κ1) is 23.7. The first-order chi connectivity index (χ1) is 14.5. The number of hydrogen-bond donors (Lipinski definition) is 0. The van der Waals surface area contributed by atoms with E-state index in [1.165, 1.54) is 6.42 Å². The normalized spacial score (nSPS) is 30.1. The van der Waals surface area contributed by atoms with E-state index in [1.807, 2.05) is 122 Å². The summed E-state index contributed by atoms with van der Waals surface area (Å²) in [6.45, 7) is 0. The van der Waals surface area contributed by atoms with Gasteiger partial charge in [-0.05, 0) is 19.3 Å². The van der Waals surface area contributed by atoms with Crippen LogP contribution in [0.2, 0.25) is 0 Å². The molecule has 0 saturated carbocycles. The Balaban J connectivity index is 2.59. The molecule has 0 unspecified atom stereocenters. The van der Waals surface area contributed by atoms with Crippen molar-refractivity contribution < 1.29 is 0 Å². The van der Waals surface area contributed by atoms with Crippen molar-refractivity contribution in [3.05, 3.63) is 158 Å². The molecule has 0 saturated heterocycles. The summed E-state index contributed by atoms with van der Waals surface area (Å²) in [5.74, 6) is 0. The van der Waals surface area contributed by atoms with E-state index in [1.54, 1.807) is 0 Å². The van der Waals surface area contributed by atoms with Crippen LogP contribution in [-0.4, -0.2) is 0 Å². The largest absolute Gasteiger partial charge is 0.0845 e. The van der Waals surface area contributed by atoms with Crippen LogP contribution in [0.3, 0.4) is 0 Å². The fourth-order valence-electron chi connectivity index (χ4n) is 2.11. The molecule has 148 valence electrons. The van der Waals surface area contributed by atoms with Crippen LogP contribution in [0.25, 0.3) is 0 Å². The molecule has 0 aromatic heterocycles. The van der Waals surface area contributed by atoms with E-state index < -0.39 is 0 Å². The third-order valence-electron chi connectivity index (χ3n) is 3.57. The fourth-order valence-corrected chi connectivity index (χ4v) is 2.11. The highest BCUT2D eigenvalue weighted by Crippen LogP contribution is 1.98. The standard InChI is InChI=1S/C29H32/c1-2-4-6-8-10-12-14-16-18-20-22-24-26-28-29-27-25-23-21-19-17-15-13-11-9-7-5-3-1/h1-26H,27-29H2/b2-1-,5-3-,6-4+,9-7-,10-8-,13-11-,14-12-,17-15-,18-16-,21-19-,22-20-,25-23?,26-24-. The maximum Gasteiger partial charge on any atom is -0.0345 e. The Morgan fingerprint density at radius 1 is 0.207 bits per heavy atom. The quantitative estimate of drug-likeness (QED) is 0.396. The molecule has 0 aromatic rings. The predicted molar refractivity (Wildman–Crippen MR) is 133 cm³/mol. The minimum atomic E-state index is 1.10. The third-order valence-corrected chi connectivity index (χ3v) is 3.57. The van der Waals surface area contributed by atoms with Crippen molar-refractivity contribution in [3.8, 4) is 0 Å². The Morgan fingerprint density at radius 2 is 0.379 bits per heavy atom. The van der Waals surface area contributed by atoms with Crippen LogP contribution < -0.4 is 0 Å². The lowest BCUT2D eigenvalue weighted by Crippen LogP contribution is -1.68. The van der Waals surface area contributed by atoms with Crippen molar-refractivity contribution in [2.45, 2.75) is 19.3 Å². The van der Waals surface area contributed by atoms with Crippen molar-refractivity contribution in [2.24, 2.45) is 0 Å². The van der Waals surface area contributed by atoms with Crippen molar-refractivity contribution in [1.82, 2.24) is 0 Å². The molecular weight excluding hydrogens is 348 g/mol. The van der Waals surface area contributed by atoms with Gasteiger partial charge < -0.3 is 0 Å². The molecular formula is C29H32. The van der Waals surface area contributed by atoms with Gasteiger partial charge >= 0.3 is 0 Å². The second kappa shape index (κ2) is 20.9. The van der Waals surface area contributed by atoms with E-state index in [9.17, 15) is 0 Å². The Labute approximate surface area is 177 Å². The number of hydrogen-bond acceptors (Lipinski definition) is 0. The molecule has 1 rings (SSSR count). The highest BCUT2D eigenvalue weighted by Gasteiger charge is 1.78. The number of allylic oxidation sites excluding steroid dienone is 26. The first-order valence-electron chi connectivity index (χ1n) is 10.1. The lowest BCUT2D eigenvalue weighted by atomic mass is 10.2. The van der Waals surface area contributed by atoms with Crippen LogP contribution in [-0.2, 0) is 0 Å². The van der Waals surface area contributed by atoms with Gasteiger partial charge in [0.2, 0.25) is 0 Å². The van der Waals surface area contributed by atoms with E-state index in [2.05, 4.69) is 36.5 Å². The smallest absolute Gasteiger partial charge is 0.0345 e. The van der Waals surface area contributed by atoms with Gasteiger partial charge in [-0.25, -0.2) is 0 Å². The minimum absolute atomic E-state index is 1.10. The number of rotatable bonds is 0. The van der Waals surface area contributed by atoms with Crippen molar-refractivity contribution >= 4 is 0 Å². The van der Waals surface area contributed by atoms with Crippen molar-refractivity contribution in [1.29, 1.82) is 0 Å². The predicted octanol–water partition coefficient (Wildman–Crippen LogP) is 8.40. The Hall–Kier alpha value is -3.38. The summed E-state index contributed by atoms with van der Waals surface area (Å²) in [5.41, 5.74) is 0. The molecule has 0 nitrogen and oxygen atoms in total. The van der Waals surface area contributed by atoms with Gasteiger partial charge in [0, 0.05) is 0 Å². The molecule has 0 heteroatoms. The summed E-state index contributed by atoms with van der Waals surface area (Å²) in [5, 5.41) is 0. The molecule has 1 aliphatic rings. The second-order valence-corrected chi connectivity index (χ2v) is 6.02. The fraction of sp³-hybridized carbons (Fsp3) is 0.103. The van der Waals surface area contributed by atoms with Crippen LogP contribution in [0.4, 0.5) is 0 Å². The van der Waals surface area contributed by atoms with E-state index in [0.29, 0.717) is 0 Å². The molecule has 29 heavy (non-hydrogen) atoms. The van der Waals surface area contributed by atoms with Crippen LogP contribution >= 0.6 is 0 Å². The second-order valence-electron chi connectivity index (χ2n) is 6.02. The van der Waals surface area contributed by atoms with Gasteiger partial charge in [-0.3, -0.25) is 0 Å². The average Bonchev–Trinajstić information content (AvgIpc) is 2.73. The van der Waals surface area contributed by atoms with E-state index in [4.69, 9.17) is 0 Å². The molecule has 0 N–H and O–H groups in total. The third kappa shape index (κ3) is 19.2. The Kier molecular flexibility index (Phi) is 17.1. The highest BCUT2D eigenvalue weighted by molar-refractivity contribution is 5.23. The molecule has 1 aliphatic carbocycles. The van der Waals surface area contributed by atoms with Gasteiger partial charge in [-0.1, -0.05) is 158 Å². The Bertz CT molecular complexity index is 710. The van der Waals surface area contributed by atoms with Crippen LogP contribution in [0.1, 0.15) is 19.3 Å². The van der Waals surface area contributed by atoms with Crippen LogP contribution in [0, 0.1) is 0 Å². The van der Waals surface area contributed by atoms with Gasteiger partial charge in [-0.2, -0.15) is 0 Å². The summed E-state index contributed by atoms with van der Waals surface area (Å²) in [4.78, 5) is 0. The summed E-state index contributed by atoms with van der Waals surface area (Å²) >= 11 is 0. The zero-order valence-electron chi connectivity index (χ0n) is 17.1. The van der Waals surface area contributed by atoms with Gasteiger partial charge in [0.05, 0.1) is 0 Å². The van der Waals surface area contributed by atoms with E-state index in [-0.39, 0.29) is 0 Å². The molecule has 0 radical (unpaired) electrons. The molecule has 0 fully saturated rings. The maximum absolute atomic E-state index is 2.21. The summed E-state index contributed by atoms with van der Waals surface area (Å²) in [6.07, 6.45) is 56.5. The Morgan fingerprint density at radius 3 is 0.586 bits per heavy atom. The summed E-state index contributed by atoms with van der Waals surface area (Å²) < 4.78 is 0. The van der Waals surface area contributed by atoms with Crippen molar-refractivity contribution in [2.75, 3.05) is 0 Å². The summed E-state index contributed by atoms with van der Waals surface area (Å²) in [6, 6.07) is 0. The van der Waals surface area contributed by atoms with Crippen LogP contribution in [0.15, 0.2) is 158 Å². The van der Waals surface area contributed by atoms with Gasteiger partial charge in [0.15, 0.2) is 0 Å². The van der Waals surface area contributed by atoms with E-state index >= 15 is 0 Å². The van der Waals surface area contributed by atoms with Crippen LogP contribution in [0.5, 0.6) is 0 Å². The van der Waals surface area contributed by atoms with Gasteiger partial charge in [0.25, 0.3) is 0 Å². The molecule has 0 aliphatic heterocycles. The highest BCUT2D eigenvalue weighted by atomic mass is 13.8. The maximum atomic E-state index is 2.21.